The first-order chi connectivity index (χ1) is 9.10. The third-order valence-electron chi connectivity index (χ3n) is 4.05. The van der Waals surface area contributed by atoms with Crippen LogP contribution in [0.3, 0.4) is 0 Å². The van der Waals surface area contributed by atoms with E-state index in [2.05, 4.69) is 41.8 Å². The van der Waals surface area contributed by atoms with Crippen LogP contribution in [-0.2, 0) is 11.3 Å². The van der Waals surface area contributed by atoms with Crippen LogP contribution in [0.2, 0.25) is 0 Å². The largest absolute Gasteiger partial charge is 0.385 e. The normalized spacial score (nSPS) is 11.8. The molecule has 0 aromatic carbocycles. The molecule has 1 aromatic heterocycles. The Hall–Kier alpha value is -1.03. The average Bonchev–Trinajstić information content (AvgIpc) is 2.76. The molecule has 0 radical (unpaired) electrons. The summed E-state index contributed by atoms with van der Waals surface area (Å²) in [5.41, 5.74) is 1.23. The Kier molecular flexibility index (Phi) is 6.35. The van der Waals surface area contributed by atoms with Gasteiger partial charge in [-0.05, 0) is 32.6 Å². The van der Waals surface area contributed by atoms with Crippen LogP contribution >= 0.6 is 0 Å². The fourth-order valence-electron chi connectivity index (χ4n) is 2.45. The number of methoxy groups -OCH3 is 1. The Morgan fingerprint density at radius 3 is 2.42 bits per heavy atom. The van der Waals surface area contributed by atoms with Crippen molar-refractivity contribution in [1.29, 1.82) is 0 Å². The number of hydrogen-bond acceptors (Lipinski definition) is 3. The molecule has 1 aromatic rings. The molecule has 0 fully saturated rings. The topological polar surface area (TPSA) is 39.1 Å². The summed E-state index contributed by atoms with van der Waals surface area (Å²) in [6.07, 6.45) is 6.47. The van der Waals surface area contributed by atoms with Crippen LogP contribution in [0.15, 0.2) is 6.20 Å². The molecule has 1 rings (SSSR count). The van der Waals surface area contributed by atoms with Crippen LogP contribution in [0.4, 0.5) is 5.95 Å². The van der Waals surface area contributed by atoms with Crippen LogP contribution in [0.5, 0.6) is 0 Å². The van der Waals surface area contributed by atoms with Crippen molar-refractivity contribution in [2.75, 3.05) is 19.0 Å². The summed E-state index contributed by atoms with van der Waals surface area (Å²) in [6, 6.07) is 0. The van der Waals surface area contributed by atoms with E-state index in [0.29, 0.717) is 0 Å². The highest BCUT2D eigenvalue weighted by molar-refractivity contribution is 5.33. The molecule has 0 saturated heterocycles. The standard InChI is InChI=1S/C15H29N3O/c1-6-15(7-2,8-3)17-14-16-13(4)12-18(14)10-9-11-19-5/h12H,6-11H2,1-5H3,(H,16,17). The summed E-state index contributed by atoms with van der Waals surface area (Å²) in [6.45, 7) is 10.5. The molecule has 0 aliphatic carbocycles. The minimum Gasteiger partial charge on any atom is -0.385 e. The second-order valence-electron chi connectivity index (χ2n) is 5.21. The summed E-state index contributed by atoms with van der Waals surface area (Å²) in [5, 5.41) is 3.67. The van der Waals surface area contributed by atoms with Crippen molar-refractivity contribution in [2.45, 2.75) is 65.5 Å². The summed E-state index contributed by atoms with van der Waals surface area (Å²) < 4.78 is 7.33. The molecule has 0 amide bonds. The maximum absolute atomic E-state index is 5.12. The fourth-order valence-corrected chi connectivity index (χ4v) is 2.45. The molecule has 19 heavy (non-hydrogen) atoms. The first-order valence-electron chi connectivity index (χ1n) is 7.41. The van der Waals surface area contributed by atoms with Gasteiger partial charge in [0.25, 0.3) is 0 Å². The molecule has 0 saturated carbocycles. The first-order valence-corrected chi connectivity index (χ1v) is 7.41. The molecule has 0 aliphatic rings. The van der Waals surface area contributed by atoms with E-state index in [1.165, 1.54) is 0 Å². The van der Waals surface area contributed by atoms with Crippen molar-refractivity contribution in [2.24, 2.45) is 0 Å². The molecule has 0 aliphatic heterocycles. The zero-order chi connectivity index (χ0) is 14.3. The van der Waals surface area contributed by atoms with Gasteiger partial charge in [-0.2, -0.15) is 0 Å². The predicted molar refractivity (Wildman–Crippen MR) is 80.7 cm³/mol. The molecule has 1 N–H and O–H groups in total. The Balaban J connectivity index is 2.81. The van der Waals surface area contributed by atoms with Gasteiger partial charge in [0.1, 0.15) is 0 Å². The van der Waals surface area contributed by atoms with Crippen LogP contribution in [-0.4, -0.2) is 28.8 Å². The molecule has 1 heterocycles. The average molecular weight is 267 g/mol. The highest BCUT2D eigenvalue weighted by atomic mass is 16.5. The van der Waals surface area contributed by atoms with Gasteiger partial charge in [-0.25, -0.2) is 4.98 Å². The van der Waals surface area contributed by atoms with Crippen LogP contribution < -0.4 is 5.32 Å². The molecule has 110 valence electrons. The van der Waals surface area contributed by atoms with E-state index in [1.807, 2.05) is 6.92 Å². The fraction of sp³-hybridized carbons (Fsp3) is 0.800. The van der Waals surface area contributed by atoms with Crippen LogP contribution in [0.25, 0.3) is 0 Å². The number of imidazole rings is 1. The molecule has 0 atom stereocenters. The van der Waals surface area contributed by atoms with Gasteiger partial charge in [-0.1, -0.05) is 20.8 Å². The van der Waals surface area contributed by atoms with Gasteiger partial charge in [0.2, 0.25) is 5.95 Å². The van der Waals surface area contributed by atoms with Crippen molar-refractivity contribution in [3.05, 3.63) is 11.9 Å². The van der Waals surface area contributed by atoms with E-state index in [1.54, 1.807) is 7.11 Å². The first kappa shape index (κ1) is 16.0. The lowest BCUT2D eigenvalue weighted by molar-refractivity contribution is 0.190. The number of nitrogens with one attached hydrogen (secondary N) is 1. The zero-order valence-corrected chi connectivity index (χ0v) is 13.1. The van der Waals surface area contributed by atoms with Gasteiger partial charge in [0.15, 0.2) is 0 Å². The van der Waals surface area contributed by atoms with Gasteiger partial charge in [-0.15, -0.1) is 0 Å². The number of aromatic nitrogens is 2. The molecule has 0 spiro atoms. The lowest BCUT2D eigenvalue weighted by atomic mass is 9.90. The van der Waals surface area contributed by atoms with Crippen molar-refractivity contribution >= 4 is 5.95 Å². The second kappa shape index (κ2) is 7.53. The molecule has 4 heteroatoms. The minimum absolute atomic E-state index is 0.163. The van der Waals surface area contributed by atoms with Gasteiger partial charge < -0.3 is 14.6 Å². The van der Waals surface area contributed by atoms with Crippen molar-refractivity contribution < 1.29 is 4.74 Å². The molecule has 0 unspecified atom stereocenters. The van der Waals surface area contributed by atoms with Crippen LogP contribution in [0, 0.1) is 6.92 Å². The molecular formula is C15H29N3O. The van der Waals surface area contributed by atoms with Gasteiger partial charge >= 0.3 is 0 Å². The number of rotatable bonds is 9. The Labute approximate surface area is 117 Å². The summed E-state index contributed by atoms with van der Waals surface area (Å²) in [5.74, 6) is 0.999. The third kappa shape index (κ3) is 4.23. The summed E-state index contributed by atoms with van der Waals surface area (Å²) >= 11 is 0. The van der Waals surface area contributed by atoms with Crippen molar-refractivity contribution in [1.82, 2.24) is 9.55 Å². The molecule has 4 nitrogen and oxygen atoms in total. The monoisotopic (exact) mass is 267 g/mol. The Morgan fingerprint density at radius 1 is 1.26 bits per heavy atom. The maximum atomic E-state index is 5.12. The SMILES string of the molecule is CCC(CC)(CC)Nc1nc(C)cn1CCCOC. The zero-order valence-electron chi connectivity index (χ0n) is 13.1. The Bertz CT molecular complexity index is 361. The Morgan fingerprint density at radius 2 is 1.89 bits per heavy atom. The van der Waals surface area contributed by atoms with Crippen molar-refractivity contribution in [3.63, 3.8) is 0 Å². The van der Waals surface area contributed by atoms with Gasteiger partial charge in [-0.3, -0.25) is 0 Å². The lowest BCUT2D eigenvalue weighted by Gasteiger charge is -2.32. The quantitative estimate of drug-likeness (QED) is 0.695. The van der Waals surface area contributed by atoms with Crippen molar-refractivity contribution in [3.8, 4) is 0 Å². The van der Waals surface area contributed by atoms with Gasteiger partial charge in [0.05, 0.1) is 5.69 Å². The number of anilines is 1. The number of ether oxygens (including phenoxy) is 1. The number of aryl methyl sites for hydroxylation is 2. The van der Waals surface area contributed by atoms with Crippen LogP contribution in [0.1, 0.15) is 52.1 Å². The maximum Gasteiger partial charge on any atom is 0.203 e. The minimum atomic E-state index is 0.163. The van der Waals surface area contributed by atoms with E-state index in [9.17, 15) is 0 Å². The van der Waals surface area contributed by atoms with E-state index in [-0.39, 0.29) is 5.54 Å². The smallest absolute Gasteiger partial charge is 0.203 e. The second-order valence-corrected chi connectivity index (χ2v) is 5.21. The number of nitrogens with zero attached hydrogens (tertiary/aromatic N) is 2. The summed E-state index contributed by atoms with van der Waals surface area (Å²) in [7, 11) is 1.74. The predicted octanol–water partition coefficient (Wildman–Crippen LogP) is 3.61. The van der Waals surface area contributed by atoms with E-state index < -0.39 is 0 Å². The molecular weight excluding hydrogens is 238 g/mol. The third-order valence-corrected chi connectivity index (χ3v) is 4.05. The van der Waals surface area contributed by atoms with E-state index >= 15 is 0 Å². The lowest BCUT2D eigenvalue weighted by Crippen LogP contribution is -2.37. The van der Waals surface area contributed by atoms with Gasteiger partial charge in [0, 0.05) is 32.0 Å². The van der Waals surface area contributed by atoms with E-state index in [4.69, 9.17) is 4.74 Å². The number of hydrogen-bond donors (Lipinski definition) is 1. The highest BCUT2D eigenvalue weighted by Gasteiger charge is 2.25. The summed E-state index contributed by atoms with van der Waals surface area (Å²) in [4.78, 5) is 4.63. The van der Waals surface area contributed by atoms with E-state index in [0.717, 1.165) is 50.5 Å². The highest BCUT2D eigenvalue weighted by Crippen LogP contribution is 2.25. The molecule has 0 bridgehead atoms.